The molecule has 8 nitrogen and oxygen atoms in total. The number of aromatic nitrogens is 1. The molecule has 1 aliphatic heterocycles. The maximum absolute atomic E-state index is 12.7. The van der Waals surface area contributed by atoms with Crippen LogP contribution >= 0.6 is 0 Å². The Kier molecular flexibility index (Phi) is 6.92. The lowest BCUT2D eigenvalue weighted by Gasteiger charge is -2.12. The Labute approximate surface area is 192 Å². The van der Waals surface area contributed by atoms with Gasteiger partial charge in [-0.2, -0.15) is 0 Å². The number of aromatic amines is 1. The molecule has 3 aromatic rings. The van der Waals surface area contributed by atoms with Crippen LogP contribution < -0.4 is 15.4 Å². The number of ether oxygens (including phenoxy) is 1. The summed E-state index contributed by atoms with van der Waals surface area (Å²) in [6.45, 7) is 0.809. The van der Waals surface area contributed by atoms with Crippen LogP contribution in [0.5, 0.6) is 5.75 Å². The summed E-state index contributed by atoms with van der Waals surface area (Å²) in [7, 11) is 1.62. The number of benzene rings is 2. The number of rotatable bonds is 10. The number of hydrogen-bond donors (Lipinski definition) is 3. The van der Waals surface area contributed by atoms with Crippen LogP contribution in [-0.4, -0.2) is 54.0 Å². The zero-order chi connectivity index (χ0) is 23.2. The van der Waals surface area contributed by atoms with Gasteiger partial charge in [0.2, 0.25) is 5.91 Å². The van der Waals surface area contributed by atoms with Crippen molar-refractivity contribution in [1.29, 1.82) is 0 Å². The molecule has 0 saturated carbocycles. The number of imide groups is 1. The number of carbonyl (C=O) groups excluding carboxylic acids is 3. The lowest BCUT2D eigenvalue weighted by Crippen LogP contribution is -2.34. The molecular weight excluding hydrogens is 420 g/mol. The Morgan fingerprint density at radius 3 is 2.67 bits per heavy atom. The molecule has 0 bridgehead atoms. The highest BCUT2D eigenvalue weighted by Gasteiger charge is 2.37. The number of methoxy groups -OCH3 is 1. The number of nitrogens with zero attached hydrogens (tertiary/aromatic N) is 1. The molecule has 1 saturated heterocycles. The van der Waals surface area contributed by atoms with Crippen LogP contribution in [0.15, 0.2) is 54.7 Å². The molecule has 8 heteroatoms. The zero-order valence-corrected chi connectivity index (χ0v) is 18.6. The van der Waals surface area contributed by atoms with Gasteiger partial charge >= 0.3 is 6.03 Å². The normalized spacial score (nSPS) is 15.7. The van der Waals surface area contributed by atoms with Crippen LogP contribution in [0, 0.1) is 0 Å². The van der Waals surface area contributed by atoms with E-state index in [1.165, 1.54) is 4.90 Å². The first-order chi connectivity index (χ1) is 16.0. The van der Waals surface area contributed by atoms with E-state index in [-0.39, 0.29) is 24.7 Å². The van der Waals surface area contributed by atoms with Gasteiger partial charge in [0.25, 0.3) is 5.91 Å². The number of amides is 4. The standard InChI is InChI=1S/C25H28N4O4/c1-33-19-8-6-17(7-9-19)12-14-26-23(30)11-10-22-24(31)29(25(32)28-22)15-13-18-16-27-21-5-3-2-4-20(18)21/h2-9,16,22,27H,10-15H2,1H3,(H,26,30)(H,28,32)/t22-/m0/s1. The second-order valence-electron chi connectivity index (χ2n) is 8.09. The van der Waals surface area contributed by atoms with Gasteiger partial charge in [-0.15, -0.1) is 0 Å². The molecule has 3 N–H and O–H groups in total. The number of hydrogen-bond acceptors (Lipinski definition) is 4. The summed E-state index contributed by atoms with van der Waals surface area (Å²) in [6.07, 6.45) is 3.65. The number of urea groups is 1. The average Bonchev–Trinajstić information content (AvgIpc) is 3.36. The van der Waals surface area contributed by atoms with E-state index in [9.17, 15) is 14.4 Å². The van der Waals surface area contributed by atoms with Crippen LogP contribution in [0.1, 0.15) is 24.0 Å². The third-order valence-electron chi connectivity index (χ3n) is 5.94. The second kappa shape index (κ2) is 10.2. The molecule has 4 amide bonds. The molecule has 33 heavy (non-hydrogen) atoms. The van der Waals surface area contributed by atoms with Crippen LogP contribution in [0.4, 0.5) is 4.79 Å². The molecule has 0 spiro atoms. The van der Waals surface area contributed by atoms with Gasteiger partial charge in [-0.1, -0.05) is 30.3 Å². The number of para-hydroxylation sites is 1. The molecule has 172 valence electrons. The minimum absolute atomic E-state index is 0.136. The first kappa shape index (κ1) is 22.4. The largest absolute Gasteiger partial charge is 0.497 e. The molecule has 2 heterocycles. The maximum Gasteiger partial charge on any atom is 0.324 e. The Balaban J connectivity index is 1.20. The van der Waals surface area contributed by atoms with E-state index < -0.39 is 12.1 Å². The Bertz CT molecular complexity index is 1140. The Morgan fingerprint density at radius 1 is 1.09 bits per heavy atom. The molecule has 0 aliphatic carbocycles. The van der Waals surface area contributed by atoms with E-state index >= 15 is 0 Å². The van der Waals surface area contributed by atoms with Crippen molar-refractivity contribution in [3.63, 3.8) is 0 Å². The van der Waals surface area contributed by atoms with Gasteiger partial charge in [0.1, 0.15) is 11.8 Å². The average molecular weight is 449 g/mol. The fraction of sp³-hybridized carbons (Fsp3) is 0.320. The molecular formula is C25H28N4O4. The summed E-state index contributed by atoms with van der Waals surface area (Å²) in [5, 5.41) is 6.67. The lowest BCUT2D eigenvalue weighted by atomic mass is 10.1. The minimum Gasteiger partial charge on any atom is -0.497 e. The molecule has 1 aliphatic rings. The van der Waals surface area contributed by atoms with Gasteiger partial charge < -0.3 is 20.4 Å². The quantitative estimate of drug-likeness (QED) is 0.415. The fourth-order valence-electron chi connectivity index (χ4n) is 4.06. The SMILES string of the molecule is COc1ccc(CCNC(=O)CC[C@@H]2NC(=O)N(CCc3c[nH]c4ccccc34)C2=O)cc1. The van der Waals surface area contributed by atoms with Gasteiger partial charge in [0.05, 0.1) is 7.11 Å². The van der Waals surface area contributed by atoms with Crippen molar-refractivity contribution < 1.29 is 19.1 Å². The van der Waals surface area contributed by atoms with E-state index in [0.29, 0.717) is 25.9 Å². The summed E-state index contributed by atoms with van der Waals surface area (Å²) >= 11 is 0. The van der Waals surface area contributed by atoms with E-state index in [4.69, 9.17) is 4.74 Å². The van der Waals surface area contributed by atoms with Crippen molar-refractivity contribution in [2.75, 3.05) is 20.2 Å². The number of nitrogens with one attached hydrogen (secondary N) is 3. The van der Waals surface area contributed by atoms with E-state index in [1.54, 1.807) is 7.11 Å². The van der Waals surface area contributed by atoms with E-state index in [2.05, 4.69) is 15.6 Å². The van der Waals surface area contributed by atoms with Crippen molar-refractivity contribution in [2.24, 2.45) is 0 Å². The minimum atomic E-state index is -0.659. The van der Waals surface area contributed by atoms with Crippen molar-refractivity contribution in [1.82, 2.24) is 20.5 Å². The summed E-state index contributed by atoms with van der Waals surface area (Å²) in [5.41, 5.74) is 3.19. The van der Waals surface area contributed by atoms with Gasteiger partial charge in [-0.3, -0.25) is 14.5 Å². The van der Waals surface area contributed by atoms with E-state index in [0.717, 1.165) is 27.8 Å². The molecule has 4 rings (SSSR count). The summed E-state index contributed by atoms with van der Waals surface area (Å²) < 4.78 is 5.14. The second-order valence-corrected chi connectivity index (χ2v) is 8.09. The van der Waals surface area contributed by atoms with Gasteiger partial charge in [0.15, 0.2) is 0 Å². The number of fused-ring (bicyclic) bond motifs is 1. The summed E-state index contributed by atoms with van der Waals surface area (Å²) in [6, 6.07) is 14.6. The lowest BCUT2D eigenvalue weighted by molar-refractivity contribution is -0.127. The highest BCUT2D eigenvalue weighted by molar-refractivity contribution is 6.04. The molecule has 0 unspecified atom stereocenters. The van der Waals surface area contributed by atoms with Gasteiger partial charge in [-0.25, -0.2) is 4.79 Å². The molecule has 0 radical (unpaired) electrons. The Hall–Kier alpha value is -3.81. The molecule has 1 fully saturated rings. The van der Waals surface area contributed by atoms with Gasteiger partial charge in [0, 0.05) is 36.6 Å². The summed E-state index contributed by atoms with van der Waals surface area (Å²) in [4.78, 5) is 41.7. The Morgan fingerprint density at radius 2 is 1.88 bits per heavy atom. The van der Waals surface area contributed by atoms with Crippen LogP contribution in [0.3, 0.4) is 0 Å². The number of H-pyrrole nitrogens is 1. The van der Waals surface area contributed by atoms with Crippen LogP contribution in [0.2, 0.25) is 0 Å². The smallest absolute Gasteiger partial charge is 0.324 e. The first-order valence-electron chi connectivity index (χ1n) is 11.1. The van der Waals surface area contributed by atoms with Crippen LogP contribution in [-0.2, 0) is 22.4 Å². The van der Waals surface area contributed by atoms with Crippen LogP contribution in [0.25, 0.3) is 10.9 Å². The predicted octanol–water partition coefficient (Wildman–Crippen LogP) is 2.78. The van der Waals surface area contributed by atoms with E-state index in [1.807, 2.05) is 54.7 Å². The summed E-state index contributed by atoms with van der Waals surface area (Å²) in [5.74, 6) is 0.384. The molecule has 1 aromatic heterocycles. The molecule has 1 atom stereocenters. The maximum atomic E-state index is 12.7. The van der Waals surface area contributed by atoms with Crippen molar-refractivity contribution in [2.45, 2.75) is 31.7 Å². The monoisotopic (exact) mass is 448 g/mol. The predicted molar refractivity (Wildman–Crippen MR) is 125 cm³/mol. The highest BCUT2D eigenvalue weighted by atomic mass is 16.5. The fourth-order valence-corrected chi connectivity index (χ4v) is 4.06. The van der Waals surface area contributed by atoms with Crippen molar-refractivity contribution in [3.05, 3.63) is 65.9 Å². The third kappa shape index (κ3) is 5.34. The number of carbonyl (C=O) groups is 3. The highest BCUT2D eigenvalue weighted by Crippen LogP contribution is 2.19. The third-order valence-corrected chi connectivity index (χ3v) is 5.94. The van der Waals surface area contributed by atoms with Crippen molar-refractivity contribution >= 4 is 28.7 Å². The molecule has 2 aromatic carbocycles. The topological polar surface area (TPSA) is 104 Å². The van der Waals surface area contributed by atoms with Crippen molar-refractivity contribution in [3.8, 4) is 5.75 Å². The van der Waals surface area contributed by atoms with Gasteiger partial charge in [-0.05, 0) is 48.6 Å². The zero-order valence-electron chi connectivity index (χ0n) is 18.6. The first-order valence-corrected chi connectivity index (χ1v) is 11.1.